The fourth-order valence-electron chi connectivity index (χ4n) is 2.76. The fourth-order valence-corrected chi connectivity index (χ4v) is 3.59. The molecule has 0 spiro atoms. The average molecular weight is 430 g/mol. The van der Waals surface area contributed by atoms with Crippen molar-refractivity contribution >= 4 is 17.4 Å². The third kappa shape index (κ3) is 5.93. The number of carbonyl (C=O) groups is 1. The van der Waals surface area contributed by atoms with Crippen LogP contribution in [0.15, 0.2) is 47.8 Å². The van der Waals surface area contributed by atoms with Gasteiger partial charge in [-0.3, -0.25) is 0 Å². The van der Waals surface area contributed by atoms with Gasteiger partial charge in [-0.15, -0.1) is 11.3 Å². The number of hydrogen-bond donors (Lipinski definition) is 1. The monoisotopic (exact) mass is 429 g/mol. The number of benzene rings is 2. The second-order valence-electron chi connectivity index (χ2n) is 6.79. The van der Waals surface area contributed by atoms with Crippen LogP contribution in [0.3, 0.4) is 0 Å². The summed E-state index contributed by atoms with van der Waals surface area (Å²) in [4.78, 5) is 18.3. The number of nitrogens with one attached hydrogen (secondary N) is 1. The number of halogens is 1. The molecule has 0 radical (unpaired) electrons. The molecule has 0 atom stereocenters. The Hall–Kier alpha value is -3.13. The van der Waals surface area contributed by atoms with E-state index in [4.69, 9.17) is 9.47 Å². The molecule has 3 aromatic rings. The number of ether oxygens (including phenoxy) is 2. The molecule has 2 aromatic carbocycles. The Bertz CT molecular complexity index is 1010. The number of hydrogen-bond acceptors (Lipinski definition) is 5. The molecule has 1 N–H and O–H groups in total. The predicted octanol–water partition coefficient (Wildman–Crippen LogP) is 4.52. The first-order valence-corrected chi connectivity index (χ1v) is 10.3. The molecule has 2 amide bonds. The first-order valence-electron chi connectivity index (χ1n) is 9.38. The van der Waals surface area contributed by atoms with Gasteiger partial charge in [0.15, 0.2) is 0 Å². The predicted molar refractivity (Wildman–Crippen MR) is 114 cm³/mol. The van der Waals surface area contributed by atoms with Crippen LogP contribution in [0.4, 0.5) is 9.18 Å². The average Bonchev–Trinajstić information content (AvgIpc) is 3.16. The van der Waals surface area contributed by atoms with Crippen LogP contribution in [0.2, 0.25) is 0 Å². The summed E-state index contributed by atoms with van der Waals surface area (Å²) in [5.41, 5.74) is 2.14. The fraction of sp³-hybridized carbons (Fsp3) is 0.273. The lowest BCUT2D eigenvalue weighted by atomic mass is 10.1. The van der Waals surface area contributed by atoms with Crippen molar-refractivity contribution < 1.29 is 18.7 Å². The minimum Gasteiger partial charge on any atom is -0.497 e. The van der Waals surface area contributed by atoms with Crippen molar-refractivity contribution in [3.63, 3.8) is 0 Å². The van der Waals surface area contributed by atoms with E-state index in [0.717, 1.165) is 16.3 Å². The zero-order valence-electron chi connectivity index (χ0n) is 17.1. The van der Waals surface area contributed by atoms with Gasteiger partial charge in [0.2, 0.25) is 0 Å². The summed E-state index contributed by atoms with van der Waals surface area (Å²) in [5, 5.41) is 5.68. The molecule has 6 nitrogen and oxygen atoms in total. The second-order valence-corrected chi connectivity index (χ2v) is 7.73. The lowest BCUT2D eigenvalue weighted by molar-refractivity contribution is 0.206. The first kappa shape index (κ1) is 21.6. The summed E-state index contributed by atoms with van der Waals surface area (Å²) in [5.74, 6) is 0.900. The summed E-state index contributed by atoms with van der Waals surface area (Å²) < 4.78 is 25.0. The molecule has 0 fully saturated rings. The molecule has 0 aliphatic carbocycles. The second kappa shape index (κ2) is 10.1. The third-order valence-electron chi connectivity index (χ3n) is 4.38. The molecule has 1 aromatic heterocycles. The van der Waals surface area contributed by atoms with Crippen LogP contribution in [-0.2, 0) is 19.7 Å². The van der Waals surface area contributed by atoms with Crippen LogP contribution in [0.25, 0.3) is 0 Å². The molecule has 0 saturated heterocycles. The highest BCUT2D eigenvalue weighted by Crippen LogP contribution is 2.21. The highest BCUT2D eigenvalue weighted by molar-refractivity contribution is 7.09. The Morgan fingerprint density at radius 2 is 2.03 bits per heavy atom. The molecular weight excluding hydrogens is 405 g/mol. The Balaban J connectivity index is 1.55. The summed E-state index contributed by atoms with van der Waals surface area (Å²) in [7, 11) is 3.29. The van der Waals surface area contributed by atoms with Crippen LogP contribution in [-0.4, -0.2) is 30.1 Å². The lowest BCUT2D eigenvalue weighted by Gasteiger charge is -2.17. The molecule has 0 unspecified atom stereocenters. The molecule has 0 aliphatic rings. The molecule has 3 rings (SSSR count). The molecule has 30 heavy (non-hydrogen) atoms. The van der Waals surface area contributed by atoms with Crippen molar-refractivity contribution in [2.24, 2.45) is 0 Å². The molecule has 8 heteroatoms. The smallest absolute Gasteiger partial charge is 0.317 e. The molecule has 158 valence electrons. The van der Waals surface area contributed by atoms with Crippen molar-refractivity contribution in [1.82, 2.24) is 15.2 Å². The van der Waals surface area contributed by atoms with E-state index in [-0.39, 0.29) is 25.0 Å². The number of amides is 2. The van der Waals surface area contributed by atoms with Gasteiger partial charge in [0.05, 0.1) is 13.7 Å². The van der Waals surface area contributed by atoms with E-state index >= 15 is 0 Å². The maximum Gasteiger partial charge on any atom is 0.317 e. The van der Waals surface area contributed by atoms with E-state index in [1.54, 1.807) is 49.4 Å². The van der Waals surface area contributed by atoms with Gasteiger partial charge in [-0.05, 0) is 36.8 Å². The third-order valence-corrected chi connectivity index (χ3v) is 5.33. The minimum absolute atomic E-state index is 0.0735. The van der Waals surface area contributed by atoms with Crippen LogP contribution in [0.5, 0.6) is 11.5 Å². The number of rotatable bonds is 8. The van der Waals surface area contributed by atoms with E-state index in [2.05, 4.69) is 10.3 Å². The number of urea groups is 1. The van der Waals surface area contributed by atoms with Gasteiger partial charge in [0.1, 0.15) is 28.9 Å². The van der Waals surface area contributed by atoms with Gasteiger partial charge in [-0.1, -0.05) is 12.1 Å². The number of carbonyl (C=O) groups excluding carboxylic acids is 1. The zero-order chi connectivity index (χ0) is 21.5. The summed E-state index contributed by atoms with van der Waals surface area (Å²) in [6, 6.07) is 11.6. The number of nitrogens with zero attached hydrogens (tertiary/aromatic N) is 2. The van der Waals surface area contributed by atoms with Crippen LogP contribution in [0, 0.1) is 12.7 Å². The standard InChI is InChI=1S/C22H24FN3O3S/c1-15-14-30-21(25-15)12-26(2)22(27)24-11-16-7-8-20(23)17(9-16)13-29-19-6-4-5-18(10-19)28-3/h4-10,14H,11-13H2,1-3H3,(H,24,27). The minimum atomic E-state index is -0.357. The van der Waals surface area contributed by atoms with E-state index in [1.807, 2.05) is 18.4 Å². The van der Waals surface area contributed by atoms with Crippen molar-refractivity contribution in [2.75, 3.05) is 14.2 Å². The zero-order valence-corrected chi connectivity index (χ0v) is 18.0. The van der Waals surface area contributed by atoms with Crippen molar-refractivity contribution in [2.45, 2.75) is 26.6 Å². The van der Waals surface area contributed by atoms with Gasteiger partial charge in [0, 0.05) is 36.3 Å². The summed E-state index contributed by atoms with van der Waals surface area (Å²) >= 11 is 1.52. The maximum atomic E-state index is 14.2. The SMILES string of the molecule is COc1cccc(OCc2cc(CNC(=O)N(C)Cc3nc(C)cs3)ccc2F)c1. The van der Waals surface area contributed by atoms with Gasteiger partial charge < -0.3 is 19.7 Å². The van der Waals surface area contributed by atoms with E-state index in [9.17, 15) is 9.18 Å². The summed E-state index contributed by atoms with van der Waals surface area (Å²) in [6.07, 6.45) is 0. The molecular formula is C22H24FN3O3S. The van der Waals surface area contributed by atoms with Gasteiger partial charge in [-0.2, -0.15) is 0 Å². The van der Waals surface area contributed by atoms with E-state index in [1.165, 1.54) is 17.4 Å². The Kier molecular flexibility index (Phi) is 7.24. The topological polar surface area (TPSA) is 63.7 Å². The van der Waals surface area contributed by atoms with E-state index in [0.29, 0.717) is 23.6 Å². The Labute approximate surface area is 179 Å². The molecule has 1 heterocycles. The van der Waals surface area contributed by atoms with Gasteiger partial charge in [-0.25, -0.2) is 14.2 Å². The van der Waals surface area contributed by atoms with Crippen LogP contribution >= 0.6 is 11.3 Å². The van der Waals surface area contributed by atoms with Gasteiger partial charge in [0.25, 0.3) is 0 Å². The van der Waals surface area contributed by atoms with Crippen molar-refractivity contribution in [1.29, 1.82) is 0 Å². The largest absolute Gasteiger partial charge is 0.497 e. The molecule has 0 bridgehead atoms. The number of thiazole rings is 1. The van der Waals surface area contributed by atoms with Crippen molar-refractivity contribution in [3.8, 4) is 11.5 Å². The highest BCUT2D eigenvalue weighted by Gasteiger charge is 2.12. The van der Waals surface area contributed by atoms with Crippen LogP contribution in [0.1, 0.15) is 21.8 Å². The molecule has 0 aliphatic heterocycles. The number of aromatic nitrogens is 1. The van der Waals surface area contributed by atoms with Gasteiger partial charge >= 0.3 is 6.03 Å². The van der Waals surface area contributed by atoms with Crippen LogP contribution < -0.4 is 14.8 Å². The molecule has 0 saturated carbocycles. The normalized spacial score (nSPS) is 10.5. The first-order chi connectivity index (χ1) is 14.4. The quantitative estimate of drug-likeness (QED) is 0.572. The van der Waals surface area contributed by atoms with Crippen molar-refractivity contribution in [3.05, 3.63) is 75.5 Å². The lowest BCUT2D eigenvalue weighted by Crippen LogP contribution is -2.36. The number of aryl methyl sites for hydroxylation is 1. The highest BCUT2D eigenvalue weighted by atomic mass is 32.1. The number of methoxy groups -OCH3 is 1. The maximum absolute atomic E-state index is 14.2. The van der Waals surface area contributed by atoms with E-state index < -0.39 is 0 Å². The summed E-state index contributed by atoms with van der Waals surface area (Å²) in [6.45, 7) is 2.72. The Morgan fingerprint density at radius 1 is 1.23 bits per heavy atom. The Morgan fingerprint density at radius 3 is 2.77 bits per heavy atom.